The van der Waals surface area contributed by atoms with Crippen LogP contribution >= 0.6 is 0 Å². The minimum atomic E-state index is -0.159. The van der Waals surface area contributed by atoms with Gasteiger partial charge in [0.1, 0.15) is 5.82 Å². The average molecular weight is 278 g/mol. The van der Waals surface area contributed by atoms with E-state index >= 15 is 0 Å². The van der Waals surface area contributed by atoms with E-state index in [4.69, 9.17) is 5.73 Å². The predicted molar refractivity (Wildman–Crippen MR) is 82.2 cm³/mol. The number of likely N-dealkylation sites (tertiary alicyclic amines) is 1. The summed E-state index contributed by atoms with van der Waals surface area (Å²) in [6, 6.07) is 5.15. The lowest BCUT2D eigenvalue weighted by molar-refractivity contribution is 0.0980. The van der Waals surface area contributed by atoms with Gasteiger partial charge in [-0.05, 0) is 63.9 Å². The van der Waals surface area contributed by atoms with Crippen molar-refractivity contribution in [3.63, 3.8) is 0 Å². The monoisotopic (exact) mass is 278 g/mol. The highest BCUT2D eigenvalue weighted by Gasteiger charge is 2.34. The van der Waals surface area contributed by atoms with Crippen molar-refractivity contribution in [2.75, 3.05) is 13.1 Å². The molecule has 1 atom stereocenters. The van der Waals surface area contributed by atoms with E-state index in [1.165, 1.54) is 31.7 Å². The Labute approximate surface area is 122 Å². The Morgan fingerprint density at radius 1 is 1.15 bits per heavy atom. The molecule has 1 aliphatic heterocycles. The van der Waals surface area contributed by atoms with E-state index in [-0.39, 0.29) is 17.4 Å². The Kier molecular flexibility index (Phi) is 4.82. The van der Waals surface area contributed by atoms with Gasteiger partial charge in [0.2, 0.25) is 0 Å². The van der Waals surface area contributed by atoms with Crippen LogP contribution < -0.4 is 5.73 Å². The van der Waals surface area contributed by atoms with Gasteiger partial charge < -0.3 is 5.73 Å². The molecule has 1 aromatic rings. The minimum Gasteiger partial charge on any atom is -0.322 e. The summed E-state index contributed by atoms with van der Waals surface area (Å²) >= 11 is 0. The van der Waals surface area contributed by atoms with Gasteiger partial charge in [0.05, 0.1) is 0 Å². The zero-order valence-electron chi connectivity index (χ0n) is 13.0. The van der Waals surface area contributed by atoms with Crippen molar-refractivity contribution in [3.05, 3.63) is 35.1 Å². The lowest BCUT2D eigenvalue weighted by atomic mass is 9.86. The molecule has 1 saturated heterocycles. The Hall–Kier alpha value is -0.930. The first kappa shape index (κ1) is 15.5. The number of hydrogen-bond acceptors (Lipinski definition) is 2. The number of aryl methyl sites for hydroxylation is 1. The topological polar surface area (TPSA) is 29.3 Å². The van der Waals surface area contributed by atoms with Gasteiger partial charge in [-0.1, -0.05) is 25.0 Å². The number of halogens is 1. The highest BCUT2D eigenvalue weighted by molar-refractivity contribution is 5.28. The van der Waals surface area contributed by atoms with Gasteiger partial charge in [0, 0.05) is 11.6 Å². The third kappa shape index (κ3) is 3.21. The molecule has 1 unspecified atom stereocenters. The summed E-state index contributed by atoms with van der Waals surface area (Å²) in [5.74, 6) is -0.159. The van der Waals surface area contributed by atoms with Crippen molar-refractivity contribution >= 4 is 0 Å². The molecule has 2 N–H and O–H groups in total. The van der Waals surface area contributed by atoms with Crippen LogP contribution in [0.5, 0.6) is 0 Å². The third-order valence-corrected chi connectivity index (χ3v) is 4.72. The SMILES string of the molecule is Cc1cc(C(N)C(C)(C)N2CCCCCC2)ccc1F. The maximum absolute atomic E-state index is 13.4. The zero-order chi connectivity index (χ0) is 14.8. The normalized spacial score (nSPS) is 19.6. The molecule has 0 saturated carbocycles. The van der Waals surface area contributed by atoms with E-state index in [9.17, 15) is 4.39 Å². The van der Waals surface area contributed by atoms with Crippen LogP contribution in [0.4, 0.5) is 4.39 Å². The smallest absolute Gasteiger partial charge is 0.126 e. The van der Waals surface area contributed by atoms with Crippen molar-refractivity contribution in [2.45, 2.75) is 58.0 Å². The number of nitrogens with two attached hydrogens (primary N) is 1. The van der Waals surface area contributed by atoms with Crippen LogP contribution in [-0.4, -0.2) is 23.5 Å². The molecule has 0 aromatic heterocycles. The number of hydrogen-bond donors (Lipinski definition) is 1. The summed E-state index contributed by atoms with van der Waals surface area (Å²) in [4.78, 5) is 2.50. The van der Waals surface area contributed by atoms with Gasteiger partial charge in [-0.25, -0.2) is 4.39 Å². The summed E-state index contributed by atoms with van der Waals surface area (Å²) in [7, 11) is 0. The molecule has 3 heteroatoms. The van der Waals surface area contributed by atoms with Crippen LogP contribution in [0, 0.1) is 12.7 Å². The summed E-state index contributed by atoms with van der Waals surface area (Å²) in [6.45, 7) is 8.44. The van der Waals surface area contributed by atoms with Gasteiger partial charge >= 0.3 is 0 Å². The summed E-state index contributed by atoms with van der Waals surface area (Å²) in [5.41, 5.74) is 8.10. The van der Waals surface area contributed by atoms with E-state index in [1.807, 2.05) is 12.1 Å². The molecule has 20 heavy (non-hydrogen) atoms. The molecule has 0 bridgehead atoms. The molecular formula is C17H27FN2. The Bertz CT molecular complexity index is 448. The van der Waals surface area contributed by atoms with Gasteiger partial charge in [-0.2, -0.15) is 0 Å². The van der Waals surface area contributed by atoms with Crippen molar-refractivity contribution in [1.82, 2.24) is 4.90 Å². The molecule has 0 amide bonds. The quantitative estimate of drug-likeness (QED) is 0.911. The lowest BCUT2D eigenvalue weighted by Gasteiger charge is -2.42. The Balaban J connectivity index is 2.20. The van der Waals surface area contributed by atoms with Crippen LogP contribution in [0.2, 0.25) is 0 Å². The van der Waals surface area contributed by atoms with Gasteiger partial charge in [0.15, 0.2) is 0 Å². The molecule has 1 aliphatic rings. The van der Waals surface area contributed by atoms with Gasteiger partial charge in [-0.15, -0.1) is 0 Å². The van der Waals surface area contributed by atoms with E-state index < -0.39 is 0 Å². The largest absolute Gasteiger partial charge is 0.322 e. The highest BCUT2D eigenvalue weighted by Crippen LogP contribution is 2.31. The molecule has 1 fully saturated rings. The number of nitrogens with zero attached hydrogens (tertiary/aromatic N) is 1. The average Bonchev–Trinajstić information content (AvgIpc) is 2.70. The van der Waals surface area contributed by atoms with Crippen molar-refractivity contribution in [2.24, 2.45) is 5.73 Å². The predicted octanol–water partition coefficient (Wildman–Crippen LogP) is 3.79. The fraction of sp³-hybridized carbons (Fsp3) is 0.647. The van der Waals surface area contributed by atoms with Crippen LogP contribution in [0.25, 0.3) is 0 Å². The van der Waals surface area contributed by atoms with Crippen LogP contribution in [0.15, 0.2) is 18.2 Å². The molecule has 0 spiro atoms. The van der Waals surface area contributed by atoms with Gasteiger partial charge in [-0.3, -0.25) is 4.90 Å². The second kappa shape index (κ2) is 6.23. The number of rotatable bonds is 3. The zero-order valence-corrected chi connectivity index (χ0v) is 13.0. The fourth-order valence-corrected chi connectivity index (χ4v) is 3.11. The van der Waals surface area contributed by atoms with Crippen LogP contribution in [0.1, 0.15) is 56.7 Å². The first-order valence-corrected chi connectivity index (χ1v) is 7.69. The summed E-state index contributed by atoms with van der Waals surface area (Å²) in [5, 5.41) is 0. The third-order valence-electron chi connectivity index (χ3n) is 4.72. The summed E-state index contributed by atoms with van der Waals surface area (Å²) in [6.07, 6.45) is 5.13. The lowest BCUT2D eigenvalue weighted by Crippen LogP contribution is -2.51. The van der Waals surface area contributed by atoms with Crippen molar-refractivity contribution in [3.8, 4) is 0 Å². The molecule has 2 nitrogen and oxygen atoms in total. The molecule has 2 rings (SSSR count). The van der Waals surface area contributed by atoms with E-state index in [2.05, 4.69) is 18.7 Å². The van der Waals surface area contributed by atoms with E-state index in [0.717, 1.165) is 18.7 Å². The molecular weight excluding hydrogens is 251 g/mol. The molecule has 1 heterocycles. The number of benzene rings is 1. The van der Waals surface area contributed by atoms with E-state index in [1.54, 1.807) is 6.92 Å². The second-order valence-electron chi connectivity index (χ2n) is 6.54. The molecule has 112 valence electrons. The van der Waals surface area contributed by atoms with Crippen molar-refractivity contribution in [1.29, 1.82) is 0 Å². The Morgan fingerprint density at radius 3 is 2.30 bits per heavy atom. The first-order chi connectivity index (χ1) is 9.43. The van der Waals surface area contributed by atoms with Crippen molar-refractivity contribution < 1.29 is 4.39 Å². The van der Waals surface area contributed by atoms with Gasteiger partial charge in [0.25, 0.3) is 0 Å². The standard InChI is InChI=1S/C17H27FN2/c1-13-12-14(8-9-15(13)18)16(19)17(2,3)20-10-6-4-5-7-11-20/h8-9,12,16H,4-7,10-11,19H2,1-3H3. The molecule has 0 aliphatic carbocycles. The summed E-state index contributed by atoms with van der Waals surface area (Å²) < 4.78 is 13.4. The minimum absolute atomic E-state index is 0.0973. The molecule has 0 radical (unpaired) electrons. The fourth-order valence-electron chi connectivity index (χ4n) is 3.11. The van der Waals surface area contributed by atoms with E-state index in [0.29, 0.717) is 5.56 Å². The van der Waals surface area contributed by atoms with Crippen LogP contribution in [-0.2, 0) is 0 Å². The Morgan fingerprint density at radius 2 is 1.75 bits per heavy atom. The highest BCUT2D eigenvalue weighted by atomic mass is 19.1. The second-order valence-corrected chi connectivity index (χ2v) is 6.54. The molecule has 1 aromatic carbocycles. The first-order valence-electron chi connectivity index (χ1n) is 7.69. The maximum atomic E-state index is 13.4. The maximum Gasteiger partial charge on any atom is 0.126 e. The van der Waals surface area contributed by atoms with Crippen LogP contribution in [0.3, 0.4) is 0 Å².